The maximum Gasteiger partial charge on any atom is 0.0696 e. The van der Waals surface area contributed by atoms with Gasteiger partial charge in [0.15, 0.2) is 0 Å². The SMILES string of the molecule is OCc1cccnc1.OCc1cccnc1.[Cu]. The van der Waals surface area contributed by atoms with E-state index in [0.29, 0.717) is 0 Å². The summed E-state index contributed by atoms with van der Waals surface area (Å²) in [5.41, 5.74) is 1.71. The van der Waals surface area contributed by atoms with E-state index in [4.69, 9.17) is 10.2 Å². The fourth-order valence-electron chi connectivity index (χ4n) is 0.983. The topological polar surface area (TPSA) is 66.2 Å². The molecule has 17 heavy (non-hydrogen) atoms. The van der Waals surface area contributed by atoms with Gasteiger partial charge in [-0.15, -0.1) is 0 Å². The second kappa shape index (κ2) is 9.93. The minimum Gasteiger partial charge on any atom is -0.392 e. The Morgan fingerprint density at radius 2 is 1.24 bits per heavy atom. The second-order valence-electron chi connectivity index (χ2n) is 3.04. The van der Waals surface area contributed by atoms with Crippen LogP contribution in [-0.2, 0) is 30.3 Å². The monoisotopic (exact) mass is 281 g/mol. The van der Waals surface area contributed by atoms with Crippen LogP contribution in [0.5, 0.6) is 0 Å². The maximum atomic E-state index is 8.50. The largest absolute Gasteiger partial charge is 0.392 e. The van der Waals surface area contributed by atoms with Crippen LogP contribution in [0.15, 0.2) is 49.1 Å². The van der Waals surface area contributed by atoms with Crippen molar-refractivity contribution in [2.24, 2.45) is 0 Å². The zero-order valence-corrected chi connectivity index (χ0v) is 10.1. The molecule has 0 bridgehead atoms. The molecule has 2 aromatic rings. The Morgan fingerprint density at radius 1 is 0.824 bits per heavy atom. The van der Waals surface area contributed by atoms with E-state index in [9.17, 15) is 0 Å². The van der Waals surface area contributed by atoms with Crippen LogP contribution in [0.3, 0.4) is 0 Å². The number of aliphatic hydroxyl groups excluding tert-OH is 2. The summed E-state index contributed by atoms with van der Waals surface area (Å²) in [5, 5.41) is 17.0. The van der Waals surface area contributed by atoms with Crippen molar-refractivity contribution in [2.75, 3.05) is 0 Å². The van der Waals surface area contributed by atoms with Crippen molar-refractivity contribution in [3.05, 3.63) is 60.2 Å². The van der Waals surface area contributed by atoms with Crippen molar-refractivity contribution >= 4 is 0 Å². The molecule has 0 aromatic carbocycles. The summed E-state index contributed by atoms with van der Waals surface area (Å²) in [6, 6.07) is 7.25. The van der Waals surface area contributed by atoms with Gasteiger partial charge in [-0.2, -0.15) is 0 Å². The van der Waals surface area contributed by atoms with Gasteiger partial charge in [0.05, 0.1) is 13.2 Å². The van der Waals surface area contributed by atoms with Crippen LogP contribution in [0.4, 0.5) is 0 Å². The Morgan fingerprint density at radius 3 is 1.41 bits per heavy atom. The zero-order chi connectivity index (χ0) is 11.6. The zero-order valence-electron chi connectivity index (χ0n) is 9.12. The summed E-state index contributed by atoms with van der Waals surface area (Å²) in [4.78, 5) is 7.59. The van der Waals surface area contributed by atoms with Gasteiger partial charge in [0.2, 0.25) is 0 Å². The predicted molar refractivity (Wildman–Crippen MR) is 60.3 cm³/mol. The molecule has 2 aromatic heterocycles. The van der Waals surface area contributed by atoms with Crippen LogP contribution in [0.2, 0.25) is 0 Å². The quantitative estimate of drug-likeness (QED) is 0.811. The Hall–Kier alpha value is -1.26. The number of hydrogen-bond acceptors (Lipinski definition) is 4. The van der Waals surface area contributed by atoms with E-state index in [1.165, 1.54) is 0 Å². The van der Waals surface area contributed by atoms with Gasteiger partial charge >= 0.3 is 0 Å². The van der Waals surface area contributed by atoms with E-state index < -0.39 is 0 Å². The Kier molecular flexibility index (Phi) is 9.19. The van der Waals surface area contributed by atoms with Gasteiger partial charge in [-0.05, 0) is 23.3 Å². The molecule has 0 amide bonds. The van der Waals surface area contributed by atoms with Crippen LogP contribution in [0.25, 0.3) is 0 Å². The summed E-state index contributed by atoms with van der Waals surface area (Å²) in [7, 11) is 0. The predicted octanol–water partition coefficient (Wildman–Crippen LogP) is 1.15. The van der Waals surface area contributed by atoms with Gasteiger partial charge in [0.25, 0.3) is 0 Å². The van der Waals surface area contributed by atoms with E-state index in [2.05, 4.69) is 9.97 Å². The van der Waals surface area contributed by atoms with Crippen molar-refractivity contribution in [3.8, 4) is 0 Å². The third kappa shape index (κ3) is 6.81. The van der Waals surface area contributed by atoms with E-state index in [0.717, 1.165) is 11.1 Å². The van der Waals surface area contributed by atoms with Gasteiger partial charge in [0, 0.05) is 41.9 Å². The fraction of sp³-hybridized carbons (Fsp3) is 0.167. The van der Waals surface area contributed by atoms with Crippen LogP contribution in [0, 0.1) is 0 Å². The number of aliphatic hydroxyl groups is 2. The molecule has 0 aliphatic heterocycles. The summed E-state index contributed by atoms with van der Waals surface area (Å²) >= 11 is 0. The third-order valence-corrected chi connectivity index (χ3v) is 1.81. The first-order valence-corrected chi connectivity index (χ1v) is 4.86. The molecule has 0 saturated heterocycles. The molecule has 4 nitrogen and oxygen atoms in total. The number of hydrogen-bond donors (Lipinski definition) is 2. The molecule has 0 spiro atoms. The van der Waals surface area contributed by atoms with Crippen molar-refractivity contribution in [3.63, 3.8) is 0 Å². The molecule has 0 aliphatic carbocycles. The first kappa shape index (κ1) is 15.7. The van der Waals surface area contributed by atoms with Crippen LogP contribution in [-0.4, -0.2) is 20.2 Å². The molecule has 0 atom stereocenters. The van der Waals surface area contributed by atoms with Crippen molar-refractivity contribution < 1.29 is 27.3 Å². The molecule has 5 heteroatoms. The summed E-state index contributed by atoms with van der Waals surface area (Å²) in [5.74, 6) is 0. The first-order valence-electron chi connectivity index (χ1n) is 4.86. The number of aromatic nitrogens is 2. The molecule has 0 aliphatic rings. The van der Waals surface area contributed by atoms with E-state index in [-0.39, 0.29) is 30.3 Å². The maximum absolute atomic E-state index is 8.50. The van der Waals surface area contributed by atoms with Gasteiger partial charge in [-0.25, -0.2) is 0 Å². The molecule has 2 N–H and O–H groups in total. The van der Waals surface area contributed by atoms with Gasteiger partial charge in [-0.3, -0.25) is 9.97 Å². The van der Waals surface area contributed by atoms with Gasteiger partial charge in [-0.1, -0.05) is 12.1 Å². The van der Waals surface area contributed by atoms with Crippen LogP contribution >= 0.6 is 0 Å². The normalized spacial score (nSPS) is 8.59. The Balaban J connectivity index is 0.000000284. The van der Waals surface area contributed by atoms with E-state index >= 15 is 0 Å². The van der Waals surface area contributed by atoms with Crippen molar-refractivity contribution in [2.45, 2.75) is 13.2 Å². The van der Waals surface area contributed by atoms with Gasteiger partial charge in [0.1, 0.15) is 0 Å². The first-order chi connectivity index (χ1) is 7.86. The molecule has 0 fully saturated rings. The standard InChI is InChI=1S/2C6H7NO.Cu/c2*8-5-6-2-1-3-7-4-6;/h2*1-4,8H,5H2;. The van der Waals surface area contributed by atoms with Crippen LogP contribution < -0.4 is 0 Å². The smallest absolute Gasteiger partial charge is 0.0696 e. The minimum atomic E-state index is 0. The van der Waals surface area contributed by atoms with Crippen molar-refractivity contribution in [1.29, 1.82) is 0 Å². The van der Waals surface area contributed by atoms with Crippen LogP contribution in [0.1, 0.15) is 11.1 Å². The van der Waals surface area contributed by atoms with Crippen molar-refractivity contribution in [1.82, 2.24) is 9.97 Å². The number of nitrogens with zero attached hydrogens (tertiary/aromatic N) is 2. The average molecular weight is 282 g/mol. The molecule has 0 saturated carbocycles. The van der Waals surface area contributed by atoms with E-state index in [1.54, 1.807) is 36.9 Å². The summed E-state index contributed by atoms with van der Waals surface area (Å²) < 4.78 is 0. The molecule has 0 unspecified atom stereocenters. The molecular formula is C12H14CuN2O2. The molecular weight excluding hydrogens is 268 g/mol. The molecule has 2 heterocycles. The second-order valence-corrected chi connectivity index (χ2v) is 3.04. The fourth-order valence-corrected chi connectivity index (χ4v) is 0.983. The minimum absolute atomic E-state index is 0. The molecule has 2 rings (SSSR count). The Labute approximate surface area is 111 Å². The number of pyridine rings is 2. The third-order valence-electron chi connectivity index (χ3n) is 1.81. The number of rotatable bonds is 2. The Bertz CT molecular complexity index is 345. The van der Waals surface area contributed by atoms with Gasteiger partial charge < -0.3 is 10.2 Å². The summed E-state index contributed by atoms with van der Waals surface area (Å²) in [6.07, 6.45) is 6.64. The van der Waals surface area contributed by atoms with E-state index in [1.807, 2.05) is 12.1 Å². The molecule has 95 valence electrons. The average Bonchev–Trinajstić information content (AvgIpc) is 2.41. The summed E-state index contributed by atoms with van der Waals surface area (Å²) in [6.45, 7) is 0.154. The molecule has 1 radical (unpaired) electrons.